The highest BCUT2D eigenvalue weighted by molar-refractivity contribution is 7.99. The van der Waals surface area contributed by atoms with Crippen LogP contribution in [0.1, 0.15) is 24.8 Å². The first-order valence-electron chi connectivity index (χ1n) is 9.32. The molecule has 0 saturated heterocycles. The number of nitrogens with zero attached hydrogens (tertiary/aromatic N) is 3. The Bertz CT molecular complexity index is 1020. The van der Waals surface area contributed by atoms with Crippen molar-refractivity contribution in [3.05, 3.63) is 54.1 Å². The van der Waals surface area contributed by atoms with Crippen LogP contribution >= 0.6 is 11.8 Å². The van der Waals surface area contributed by atoms with Crippen LogP contribution in [0.5, 0.6) is 11.5 Å². The SMILES string of the molecule is O=C1CCC(Sc2nnc(-c3ccccc3)n2Cc2ccc3c(c2)OCO3)C1. The van der Waals surface area contributed by atoms with E-state index >= 15 is 0 Å². The van der Waals surface area contributed by atoms with Gasteiger partial charge < -0.3 is 9.47 Å². The van der Waals surface area contributed by atoms with Crippen LogP contribution in [0.4, 0.5) is 0 Å². The van der Waals surface area contributed by atoms with E-state index in [1.807, 2.05) is 48.5 Å². The summed E-state index contributed by atoms with van der Waals surface area (Å²) in [6.07, 6.45) is 2.18. The number of benzene rings is 2. The first-order valence-corrected chi connectivity index (χ1v) is 10.2. The molecule has 3 aromatic rings. The molecule has 0 radical (unpaired) electrons. The molecule has 1 fully saturated rings. The number of hydrogen-bond donors (Lipinski definition) is 0. The van der Waals surface area contributed by atoms with Crippen molar-refractivity contribution in [2.75, 3.05) is 6.79 Å². The van der Waals surface area contributed by atoms with Crippen molar-refractivity contribution in [2.24, 2.45) is 0 Å². The van der Waals surface area contributed by atoms with Gasteiger partial charge in [-0.05, 0) is 24.1 Å². The monoisotopic (exact) mass is 393 g/mol. The summed E-state index contributed by atoms with van der Waals surface area (Å²) in [6, 6.07) is 16.0. The summed E-state index contributed by atoms with van der Waals surface area (Å²) < 4.78 is 13.1. The van der Waals surface area contributed by atoms with Crippen LogP contribution in [0.3, 0.4) is 0 Å². The van der Waals surface area contributed by atoms with Gasteiger partial charge in [0.15, 0.2) is 22.5 Å². The van der Waals surface area contributed by atoms with Crippen molar-refractivity contribution >= 4 is 17.5 Å². The third-order valence-electron chi connectivity index (χ3n) is 5.00. The molecule has 2 aromatic carbocycles. The van der Waals surface area contributed by atoms with Gasteiger partial charge in [-0.1, -0.05) is 48.2 Å². The average molecular weight is 393 g/mol. The number of thioether (sulfide) groups is 1. The second kappa shape index (κ2) is 7.31. The lowest BCUT2D eigenvalue weighted by Crippen LogP contribution is -2.06. The second-order valence-corrected chi connectivity index (χ2v) is 8.23. The van der Waals surface area contributed by atoms with Crippen LogP contribution in [-0.4, -0.2) is 32.6 Å². The maximum absolute atomic E-state index is 11.7. The van der Waals surface area contributed by atoms with Gasteiger partial charge in [0.2, 0.25) is 6.79 Å². The highest BCUT2D eigenvalue weighted by Gasteiger charge is 2.26. The Morgan fingerprint density at radius 1 is 1.07 bits per heavy atom. The molecule has 1 saturated carbocycles. The molecule has 1 atom stereocenters. The van der Waals surface area contributed by atoms with Gasteiger partial charge in [0, 0.05) is 23.7 Å². The molecular formula is C21H19N3O3S. The van der Waals surface area contributed by atoms with Gasteiger partial charge in [0.25, 0.3) is 0 Å². The lowest BCUT2D eigenvalue weighted by Gasteiger charge is -2.13. The normalized spacial score (nSPS) is 18.0. The van der Waals surface area contributed by atoms with Gasteiger partial charge in [-0.25, -0.2) is 0 Å². The molecule has 0 spiro atoms. The summed E-state index contributed by atoms with van der Waals surface area (Å²) in [5, 5.41) is 10.0. The van der Waals surface area contributed by atoms with E-state index in [-0.39, 0.29) is 12.0 Å². The van der Waals surface area contributed by atoms with Gasteiger partial charge >= 0.3 is 0 Å². The van der Waals surface area contributed by atoms with E-state index in [9.17, 15) is 4.79 Å². The summed E-state index contributed by atoms with van der Waals surface area (Å²) in [4.78, 5) is 11.7. The lowest BCUT2D eigenvalue weighted by atomic mass is 10.2. The summed E-state index contributed by atoms with van der Waals surface area (Å²) in [6.45, 7) is 0.883. The summed E-state index contributed by atoms with van der Waals surface area (Å²) in [7, 11) is 0. The largest absolute Gasteiger partial charge is 0.454 e. The lowest BCUT2D eigenvalue weighted by molar-refractivity contribution is -0.117. The van der Waals surface area contributed by atoms with Crippen LogP contribution in [-0.2, 0) is 11.3 Å². The molecular weight excluding hydrogens is 374 g/mol. The van der Waals surface area contributed by atoms with Crippen LogP contribution in [0, 0.1) is 0 Å². The molecule has 1 aliphatic heterocycles. The van der Waals surface area contributed by atoms with E-state index in [1.165, 1.54) is 0 Å². The zero-order valence-corrected chi connectivity index (χ0v) is 16.0. The minimum atomic E-state index is 0.261. The third-order valence-corrected chi connectivity index (χ3v) is 6.25. The van der Waals surface area contributed by atoms with Crippen molar-refractivity contribution in [1.29, 1.82) is 0 Å². The number of hydrogen-bond acceptors (Lipinski definition) is 6. The van der Waals surface area contributed by atoms with Crippen molar-refractivity contribution in [1.82, 2.24) is 14.8 Å². The summed E-state index contributed by atoms with van der Waals surface area (Å²) in [5.74, 6) is 2.70. The van der Waals surface area contributed by atoms with Crippen molar-refractivity contribution in [2.45, 2.75) is 36.2 Å². The van der Waals surface area contributed by atoms with E-state index in [4.69, 9.17) is 9.47 Å². The number of carbonyl (C=O) groups is 1. The van der Waals surface area contributed by atoms with Crippen molar-refractivity contribution in [3.63, 3.8) is 0 Å². The van der Waals surface area contributed by atoms with Crippen molar-refractivity contribution in [3.8, 4) is 22.9 Å². The van der Waals surface area contributed by atoms with Gasteiger partial charge in [-0.2, -0.15) is 0 Å². The smallest absolute Gasteiger partial charge is 0.231 e. The molecule has 0 N–H and O–H groups in total. The van der Waals surface area contributed by atoms with E-state index in [1.54, 1.807) is 11.8 Å². The molecule has 6 nitrogen and oxygen atoms in total. The summed E-state index contributed by atoms with van der Waals surface area (Å²) >= 11 is 1.65. The van der Waals surface area contributed by atoms with Gasteiger partial charge in [-0.3, -0.25) is 9.36 Å². The predicted octanol–water partition coefficient (Wildman–Crippen LogP) is 3.94. The van der Waals surface area contributed by atoms with Gasteiger partial charge in [0.05, 0.1) is 6.54 Å². The van der Waals surface area contributed by atoms with Crippen molar-refractivity contribution < 1.29 is 14.3 Å². The number of carbonyl (C=O) groups excluding carboxylic acids is 1. The molecule has 2 aliphatic rings. The minimum absolute atomic E-state index is 0.261. The van der Waals surface area contributed by atoms with Crippen LogP contribution < -0.4 is 9.47 Å². The fraction of sp³-hybridized carbons (Fsp3) is 0.286. The standard InChI is InChI=1S/C21H19N3O3S/c25-16-7-8-17(11-16)28-21-23-22-20(15-4-2-1-3-5-15)24(21)12-14-6-9-18-19(10-14)27-13-26-18/h1-6,9-10,17H,7-8,11-13H2. The zero-order chi connectivity index (χ0) is 18.9. The Balaban J connectivity index is 1.49. The Kier molecular flexibility index (Phi) is 4.52. The summed E-state index contributed by atoms with van der Waals surface area (Å²) in [5.41, 5.74) is 2.11. The topological polar surface area (TPSA) is 66.2 Å². The fourth-order valence-corrected chi connectivity index (χ4v) is 4.74. The highest BCUT2D eigenvalue weighted by Crippen LogP contribution is 2.36. The number of rotatable bonds is 5. The van der Waals surface area contributed by atoms with Crippen LogP contribution in [0.2, 0.25) is 0 Å². The van der Waals surface area contributed by atoms with E-state index in [0.717, 1.165) is 40.0 Å². The molecule has 5 rings (SSSR count). The quantitative estimate of drug-likeness (QED) is 0.654. The molecule has 2 heterocycles. The number of aromatic nitrogens is 3. The number of fused-ring (bicyclic) bond motifs is 1. The zero-order valence-electron chi connectivity index (χ0n) is 15.2. The molecule has 0 amide bonds. The molecule has 142 valence electrons. The molecule has 1 aromatic heterocycles. The van der Waals surface area contributed by atoms with Gasteiger partial charge in [-0.15, -0.1) is 10.2 Å². The van der Waals surface area contributed by atoms with E-state index in [0.29, 0.717) is 25.2 Å². The Morgan fingerprint density at radius 3 is 2.75 bits per heavy atom. The Hall–Kier alpha value is -2.80. The van der Waals surface area contributed by atoms with Crippen LogP contribution in [0.15, 0.2) is 53.7 Å². The minimum Gasteiger partial charge on any atom is -0.454 e. The Morgan fingerprint density at radius 2 is 1.93 bits per heavy atom. The first-order chi connectivity index (χ1) is 13.8. The number of ether oxygens (including phenoxy) is 2. The first kappa shape index (κ1) is 17.3. The van der Waals surface area contributed by atoms with E-state index < -0.39 is 0 Å². The maximum Gasteiger partial charge on any atom is 0.231 e. The molecule has 28 heavy (non-hydrogen) atoms. The maximum atomic E-state index is 11.7. The molecule has 7 heteroatoms. The Labute approximate surface area is 166 Å². The molecule has 1 aliphatic carbocycles. The second-order valence-electron chi connectivity index (χ2n) is 6.97. The van der Waals surface area contributed by atoms with Crippen LogP contribution in [0.25, 0.3) is 11.4 Å². The number of ketones is 1. The third kappa shape index (κ3) is 3.38. The average Bonchev–Trinajstić information content (AvgIpc) is 3.44. The van der Waals surface area contributed by atoms with E-state index in [2.05, 4.69) is 14.8 Å². The van der Waals surface area contributed by atoms with Gasteiger partial charge in [0.1, 0.15) is 5.78 Å². The molecule has 0 bridgehead atoms. The number of Topliss-reactive ketones (excluding diaryl/α,β-unsaturated/α-hetero) is 1. The molecule has 1 unspecified atom stereocenters. The fourth-order valence-electron chi connectivity index (χ4n) is 3.57. The highest BCUT2D eigenvalue weighted by atomic mass is 32.2. The predicted molar refractivity (Wildman–Crippen MR) is 106 cm³/mol.